The van der Waals surface area contributed by atoms with Crippen molar-refractivity contribution in [3.05, 3.63) is 46.4 Å². The zero-order valence-electron chi connectivity index (χ0n) is 16.0. The van der Waals surface area contributed by atoms with Gasteiger partial charge in [0.05, 0.1) is 11.4 Å². The number of carbonyl (C=O) groups excluding carboxylic acids is 3. The average molecular weight is 402 g/mol. The summed E-state index contributed by atoms with van der Waals surface area (Å²) in [6.07, 6.45) is 13.3. The van der Waals surface area contributed by atoms with Crippen LogP contribution in [0, 0.1) is 5.92 Å². The van der Waals surface area contributed by atoms with E-state index in [0.29, 0.717) is 29.2 Å². The van der Waals surface area contributed by atoms with Crippen LogP contribution in [0.15, 0.2) is 41.6 Å². The molecule has 1 fully saturated rings. The molecule has 0 atom stereocenters. The van der Waals surface area contributed by atoms with Crippen molar-refractivity contribution in [2.24, 2.45) is 5.92 Å². The first-order valence-corrected chi connectivity index (χ1v) is 10.8. The number of allylic oxidation sites excluding steroid dienone is 1. The van der Waals surface area contributed by atoms with E-state index in [9.17, 15) is 14.4 Å². The highest BCUT2D eigenvalue weighted by Crippen LogP contribution is 2.27. The molecule has 2 N–H and O–H groups in total. The van der Waals surface area contributed by atoms with Crippen LogP contribution in [0.4, 0.5) is 0 Å². The molecule has 6 nitrogen and oxygen atoms in total. The Morgan fingerprint density at radius 3 is 2.71 bits per heavy atom. The summed E-state index contributed by atoms with van der Waals surface area (Å²) in [5, 5.41) is 1.87. The molecule has 1 aromatic heterocycles. The van der Waals surface area contributed by atoms with Crippen LogP contribution in [0.3, 0.4) is 0 Å². The van der Waals surface area contributed by atoms with Gasteiger partial charge in [0, 0.05) is 24.4 Å². The largest absolute Gasteiger partial charge is 0.346 e. The van der Waals surface area contributed by atoms with Crippen LogP contribution in [-0.4, -0.2) is 29.0 Å². The summed E-state index contributed by atoms with van der Waals surface area (Å²) in [4.78, 5) is 38.9. The first-order chi connectivity index (χ1) is 13.6. The van der Waals surface area contributed by atoms with Gasteiger partial charge in [-0.2, -0.15) is 0 Å². The smallest absolute Gasteiger partial charge is 0.267 e. The maximum absolute atomic E-state index is 12.3. The highest BCUT2D eigenvalue weighted by Gasteiger charge is 2.18. The van der Waals surface area contributed by atoms with Crippen LogP contribution in [-0.2, 0) is 9.59 Å². The molecule has 1 aromatic rings. The van der Waals surface area contributed by atoms with Gasteiger partial charge in [-0.1, -0.05) is 44.2 Å². The summed E-state index contributed by atoms with van der Waals surface area (Å²) >= 11 is 1.40. The summed E-state index contributed by atoms with van der Waals surface area (Å²) < 4.78 is 0. The van der Waals surface area contributed by atoms with Crippen molar-refractivity contribution in [1.82, 2.24) is 15.8 Å². The first-order valence-electron chi connectivity index (χ1n) is 9.91. The van der Waals surface area contributed by atoms with Crippen LogP contribution < -0.4 is 10.9 Å². The molecule has 0 radical (unpaired) electrons. The summed E-state index contributed by atoms with van der Waals surface area (Å²) in [5.74, 6) is 0.143. The standard InChI is InChI=1S/C21H27N3O3S/c25-18(19-9-5-13-28-19)15-24-12-4-8-17(14-24)21(27)23-22-20(26)11-10-16-6-2-1-3-7-16/h4-5,9,12-14,16H,1-3,6-8,10-11,15H2,(H,22,26)(H,23,27). The Labute approximate surface area is 169 Å². The molecule has 0 aromatic carbocycles. The second kappa shape index (κ2) is 10.2. The molecule has 150 valence electrons. The minimum absolute atomic E-state index is 0.00794. The van der Waals surface area contributed by atoms with Gasteiger partial charge in [-0.25, -0.2) is 0 Å². The lowest BCUT2D eigenvalue weighted by atomic mass is 9.86. The van der Waals surface area contributed by atoms with E-state index in [1.54, 1.807) is 23.4 Å². The Morgan fingerprint density at radius 1 is 1.14 bits per heavy atom. The number of nitrogens with one attached hydrogen (secondary N) is 2. The lowest BCUT2D eigenvalue weighted by molar-refractivity contribution is -0.127. The van der Waals surface area contributed by atoms with Gasteiger partial charge in [-0.05, 0) is 30.2 Å². The van der Waals surface area contributed by atoms with Crippen LogP contribution in [0.1, 0.15) is 61.0 Å². The Morgan fingerprint density at radius 2 is 1.96 bits per heavy atom. The molecule has 2 amide bonds. The molecule has 1 aliphatic carbocycles. The molecule has 0 saturated heterocycles. The highest BCUT2D eigenvalue weighted by atomic mass is 32.1. The number of rotatable bonds is 7. The molecule has 0 spiro atoms. The zero-order valence-corrected chi connectivity index (χ0v) is 16.8. The Kier molecular flexibility index (Phi) is 7.42. The van der Waals surface area contributed by atoms with Crippen molar-refractivity contribution in [2.75, 3.05) is 6.54 Å². The lowest BCUT2D eigenvalue weighted by Crippen LogP contribution is -2.42. The van der Waals surface area contributed by atoms with E-state index in [4.69, 9.17) is 0 Å². The third-order valence-electron chi connectivity index (χ3n) is 5.19. The topological polar surface area (TPSA) is 78.5 Å². The van der Waals surface area contributed by atoms with Crippen molar-refractivity contribution in [3.8, 4) is 0 Å². The third kappa shape index (κ3) is 6.05. The minimum Gasteiger partial charge on any atom is -0.346 e. The van der Waals surface area contributed by atoms with E-state index >= 15 is 0 Å². The van der Waals surface area contributed by atoms with Crippen molar-refractivity contribution in [3.63, 3.8) is 0 Å². The average Bonchev–Trinajstić information content (AvgIpc) is 3.26. The number of hydrogen-bond acceptors (Lipinski definition) is 5. The number of nitrogens with zero attached hydrogens (tertiary/aromatic N) is 1. The van der Waals surface area contributed by atoms with E-state index in [-0.39, 0.29) is 24.1 Å². The van der Waals surface area contributed by atoms with Gasteiger partial charge in [-0.15, -0.1) is 11.3 Å². The van der Waals surface area contributed by atoms with Crippen molar-refractivity contribution < 1.29 is 14.4 Å². The summed E-state index contributed by atoms with van der Waals surface area (Å²) in [7, 11) is 0. The monoisotopic (exact) mass is 401 g/mol. The maximum Gasteiger partial charge on any atom is 0.267 e. The highest BCUT2D eigenvalue weighted by molar-refractivity contribution is 7.12. The SMILES string of the molecule is O=C(CCC1CCCCC1)NNC(=O)C1=CN(CC(=O)c2cccs2)C=CC1. The minimum atomic E-state index is -0.344. The van der Waals surface area contributed by atoms with Crippen molar-refractivity contribution >= 4 is 28.9 Å². The van der Waals surface area contributed by atoms with Crippen LogP contribution in [0.5, 0.6) is 0 Å². The second-order valence-electron chi connectivity index (χ2n) is 7.36. The third-order valence-corrected chi connectivity index (χ3v) is 6.10. The normalized spacial score (nSPS) is 17.1. The Balaban J connectivity index is 1.42. The lowest BCUT2D eigenvalue weighted by Gasteiger charge is -2.21. The predicted octanol–water partition coefficient (Wildman–Crippen LogP) is 3.54. The number of hydrogen-bond donors (Lipinski definition) is 2. The van der Waals surface area contributed by atoms with Crippen LogP contribution in [0.25, 0.3) is 0 Å². The Bertz CT molecular complexity index is 749. The molecule has 0 unspecified atom stereocenters. The van der Waals surface area contributed by atoms with E-state index in [0.717, 1.165) is 6.42 Å². The van der Waals surface area contributed by atoms with Crippen LogP contribution >= 0.6 is 11.3 Å². The summed E-state index contributed by atoms with van der Waals surface area (Å²) in [6, 6.07) is 3.64. The maximum atomic E-state index is 12.3. The molecule has 2 aliphatic rings. The van der Waals surface area contributed by atoms with Gasteiger partial charge in [0.25, 0.3) is 5.91 Å². The van der Waals surface area contributed by atoms with Gasteiger partial charge in [0.15, 0.2) is 5.78 Å². The number of thiophene rings is 1. The van der Waals surface area contributed by atoms with Gasteiger partial charge < -0.3 is 4.90 Å². The first kappa shape index (κ1) is 20.3. The molecule has 3 rings (SSSR count). The molecule has 0 bridgehead atoms. The summed E-state index contributed by atoms with van der Waals surface area (Å²) in [6.45, 7) is 0.182. The van der Waals surface area contributed by atoms with Gasteiger partial charge in [-0.3, -0.25) is 25.2 Å². The van der Waals surface area contributed by atoms with Gasteiger partial charge >= 0.3 is 0 Å². The molecular formula is C21H27N3O3S. The number of Topliss-reactive ketones (excluding diaryl/α,β-unsaturated/α-hetero) is 1. The number of hydrazine groups is 1. The quantitative estimate of drug-likeness (QED) is 0.541. The molecule has 7 heteroatoms. The fraction of sp³-hybridized carbons (Fsp3) is 0.476. The number of ketones is 1. The van der Waals surface area contributed by atoms with E-state index in [2.05, 4.69) is 10.9 Å². The number of carbonyl (C=O) groups is 3. The van der Waals surface area contributed by atoms with Gasteiger partial charge in [0.2, 0.25) is 5.91 Å². The van der Waals surface area contributed by atoms with Gasteiger partial charge in [0.1, 0.15) is 0 Å². The van der Waals surface area contributed by atoms with E-state index in [1.165, 1.54) is 43.4 Å². The fourth-order valence-corrected chi connectivity index (χ4v) is 4.28. The zero-order chi connectivity index (χ0) is 19.8. The predicted molar refractivity (Wildman–Crippen MR) is 109 cm³/mol. The molecule has 1 aliphatic heterocycles. The van der Waals surface area contributed by atoms with E-state index in [1.807, 2.05) is 17.5 Å². The molecule has 1 saturated carbocycles. The summed E-state index contributed by atoms with van der Waals surface area (Å²) in [5.41, 5.74) is 5.51. The number of amides is 2. The second-order valence-corrected chi connectivity index (χ2v) is 8.31. The van der Waals surface area contributed by atoms with Crippen LogP contribution in [0.2, 0.25) is 0 Å². The molecule has 2 heterocycles. The Hall–Kier alpha value is -2.41. The molecule has 28 heavy (non-hydrogen) atoms. The van der Waals surface area contributed by atoms with Crippen molar-refractivity contribution in [1.29, 1.82) is 0 Å². The van der Waals surface area contributed by atoms with Crippen molar-refractivity contribution in [2.45, 2.75) is 51.4 Å². The van der Waals surface area contributed by atoms with E-state index < -0.39 is 0 Å². The molecular weight excluding hydrogens is 374 g/mol. The fourth-order valence-electron chi connectivity index (χ4n) is 3.62.